The molecule has 0 N–H and O–H groups in total. The second kappa shape index (κ2) is 6.14. The molecule has 5 nitrogen and oxygen atoms in total. The first-order chi connectivity index (χ1) is 11.6. The van der Waals surface area contributed by atoms with Gasteiger partial charge in [0.05, 0.1) is 37.4 Å². The van der Waals surface area contributed by atoms with Gasteiger partial charge in [0.15, 0.2) is 5.79 Å². The molecule has 3 aliphatic rings. The number of carbonyl (C=O) groups is 1. The lowest BCUT2D eigenvalue weighted by atomic mass is 9.76. The molecule has 4 rings (SSSR count). The monoisotopic (exact) mass is 331 g/mol. The molecule has 130 valence electrons. The van der Waals surface area contributed by atoms with E-state index < -0.39 is 5.79 Å². The molecule has 0 radical (unpaired) electrons. The quantitative estimate of drug-likeness (QED) is 0.795. The number of hydrogen-bond donors (Lipinski definition) is 0. The van der Waals surface area contributed by atoms with Gasteiger partial charge in [0.2, 0.25) is 5.91 Å². The molecule has 0 aromatic heterocycles. The van der Waals surface area contributed by atoms with Crippen LogP contribution in [0.25, 0.3) is 0 Å². The number of ether oxygens (including phenoxy) is 3. The van der Waals surface area contributed by atoms with Crippen molar-refractivity contribution in [1.29, 1.82) is 0 Å². The molecular weight excluding hydrogens is 306 g/mol. The Hall–Kier alpha value is -1.43. The minimum Gasteiger partial charge on any atom is -0.371 e. The number of nitrogens with zero attached hydrogens (tertiary/aromatic N) is 1. The van der Waals surface area contributed by atoms with Crippen molar-refractivity contribution in [1.82, 2.24) is 4.90 Å². The van der Waals surface area contributed by atoms with Gasteiger partial charge in [-0.25, -0.2) is 0 Å². The van der Waals surface area contributed by atoms with Crippen LogP contribution in [0.15, 0.2) is 30.3 Å². The van der Waals surface area contributed by atoms with Crippen molar-refractivity contribution in [2.24, 2.45) is 5.92 Å². The van der Waals surface area contributed by atoms with Crippen LogP contribution in [-0.2, 0) is 25.6 Å². The lowest BCUT2D eigenvalue weighted by Crippen LogP contribution is -2.71. The highest BCUT2D eigenvalue weighted by atomic mass is 16.7. The molecule has 1 aromatic rings. The summed E-state index contributed by atoms with van der Waals surface area (Å²) in [5.74, 6) is -0.535. The van der Waals surface area contributed by atoms with Crippen molar-refractivity contribution < 1.29 is 19.0 Å². The summed E-state index contributed by atoms with van der Waals surface area (Å²) in [5.41, 5.74) is 1.17. The minimum absolute atomic E-state index is 0.0777. The third-order valence-corrected chi connectivity index (χ3v) is 5.30. The highest BCUT2D eigenvalue weighted by molar-refractivity contribution is 5.87. The Morgan fingerprint density at radius 2 is 2.08 bits per heavy atom. The van der Waals surface area contributed by atoms with E-state index in [1.54, 1.807) is 0 Å². The SMILES string of the molecule is CC1(C)OC[C@@H]([C@H]2C(=O)N3CCC[C@H](OCc4ccccc4)[C@@H]23)O1. The van der Waals surface area contributed by atoms with Gasteiger partial charge in [-0.05, 0) is 32.3 Å². The Bertz CT molecular complexity index is 603. The summed E-state index contributed by atoms with van der Waals surface area (Å²) in [6, 6.07) is 10.3. The first kappa shape index (κ1) is 16.1. The van der Waals surface area contributed by atoms with Crippen molar-refractivity contribution in [2.45, 2.75) is 57.3 Å². The average Bonchev–Trinajstić information content (AvgIpc) is 2.93. The summed E-state index contributed by atoms with van der Waals surface area (Å²) < 4.78 is 17.8. The molecule has 3 saturated heterocycles. The van der Waals surface area contributed by atoms with E-state index in [1.165, 1.54) is 5.56 Å². The van der Waals surface area contributed by atoms with E-state index in [9.17, 15) is 4.79 Å². The molecule has 0 bridgehead atoms. The summed E-state index contributed by atoms with van der Waals surface area (Å²) in [7, 11) is 0. The first-order valence-corrected chi connectivity index (χ1v) is 8.83. The fraction of sp³-hybridized carbons (Fsp3) is 0.632. The Morgan fingerprint density at radius 1 is 1.29 bits per heavy atom. The van der Waals surface area contributed by atoms with Crippen molar-refractivity contribution in [3.05, 3.63) is 35.9 Å². The van der Waals surface area contributed by atoms with E-state index in [2.05, 4.69) is 12.1 Å². The topological polar surface area (TPSA) is 48.0 Å². The van der Waals surface area contributed by atoms with Gasteiger partial charge in [0.25, 0.3) is 0 Å². The highest BCUT2D eigenvalue weighted by Gasteiger charge is 2.58. The Labute approximate surface area is 142 Å². The zero-order valence-corrected chi connectivity index (χ0v) is 14.3. The molecule has 0 unspecified atom stereocenters. The average molecular weight is 331 g/mol. The predicted octanol–water partition coefficient (Wildman–Crippen LogP) is 2.34. The van der Waals surface area contributed by atoms with Crippen LogP contribution in [0, 0.1) is 5.92 Å². The summed E-state index contributed by atoms with van der Waals surface area (Å²) in [4.78, 5) is 14.5. The molecule has 0 aliphatic carbocycles. The number of fused-ring (bicyclic) bond motifs is 1. The van der Waals surface area contributed by atoms with E-state index in [1.807, 2.05) is 36.9 Å². The van der Waals surface area contributed by atoms with E-state index in [4.69, 9.17) is 14.2 Å². The van der Waals surface area contributed by atoms with E-state index in [0.29, 0.717) is 13.2 Å². The van der Waals surface area contributed by atoms with Gasteiger partial charge in [-0.1, -0.05) is 30.3 Å². The van der Waals surface area contributed by atoms with Gasteiger partial charge in [-0.15, -0.1) is 0 Å². The molecule has 24 heavy (non-hydrogen) atoms. The van der Waals surface area contributed by atoms with Crippen LogP contribution in [0.1, 0.15) is 32.3 Å². The van der Waals surface area contributed by atoms with E-state index in [-0.39, 0.29) is 30.1 Å². The van der Waals surface area contributed by atoms with Crippen molar-refractivity contribution >= 4 is 5.91 Å². The number of piperidine rings is 1. The number of rotatable bonds is 4. The maximum atomic E-state index is 12.5. The summed E-state index contributed by atoms with van der Waals surface area (Å²) >= 11 is 0. The third-order valence-electron chi connectivity index (χ3n) is 5.30. The van der Waals surface area contributed by atoms with Crippen LogP contribution in [0.5, 0.6) is 0 Å². The minimum atomic E-state index is -0.597. The lowest BCUT2D eigenvalue weighted by Gasteiger charge is -2.54. The first-order valence-electron chi connectivity index (χ1n) is 8.83. The maximum absolute atomic E-state index is 12.5. The molecule has 0 saturated carbocycles. The van der Waals surface area contributed by atoms with Gasteiger partial charge in [-0.3, -0.25) is 4.79 Å². The van der Waals surface area contributed by atoms with Gasteiger partial charge >= 0.3 is 0 Å². The number of hydrogen-bond acceptors (Lipinski definition) is 4. The molecule has 5 heteroatoms. The summed E-state index contributed by atoms with van der Waals surface area (Å²) in [6.07, 6.45) is 1.92. The van der Waals surface area contributed by atoms with Crippen LogP contribution in [0.4, 0.5) is 0 Å². The number of carbonyl (C=O) groups excluding carboxylic acids is 1. The predicted molar refractivity (Wildman–Crippen MR) is 88.1 cm³/mol. The van der Waals surface area contributed by atoms with Gasteiger partial charge in [-0.2, -0.15) is 0 Å². The molecule has 1 amide bonds. The zero-order valence-electron chi connectivity index (χ0n) is 14.3. The number of amides is 1. The zero-order chi connectivity index (χ0) is 16.7. The number of benzene rings is 1. The van der Waals surface area contributed by atoms with Crippen molar-refractivity contribution in [3.63, 3.8) is 0 Å². The Morgan fingerprint density at radius 3 is 2.79 bits per heavy atom. The van der Waals surface area contributed by atoms with Crippen molar-refractivity contribution in [2.75, 3.05) is 13.2 Å². The van der Waals surface area contributed by atoms with Crippen LogP contribution in [0.2, 0.25) is 0 Å². The van der Waals surface area contributed by atoms with E-state index >= 15 is 0 Å². The molecular formula is C19H25NO4. The fourth-order valence-electron chi connectivity index (χ4n) is 4.15. The standard InChI is InChI=1S/C19H25NO4/c1-19(2)23-12-15(24-19)16-17-14(9-6-10-20(17)18(16)21)22-11-13-7-4-3-5-8-13/h3-5,7-8,14-17H,6,9-12H2,1-2H3/t14-,15-,16+,17-/m0/s1. The smallest absolute Gasteiger partial charge is 0.230 e. The molecule has 0 spiro atoms. The summed E-state index contributed by atoms with van der Waals surface area (Å²) in [6.45, 7) is 5.71. The molecule has 3 fully saturated rings. The van der Waals surface area contributed by atoms with Crippen LogP contribution in [0.3, 0.4) is 0 Å². The van der Waals surface area contributed by atoms with Gasteiger partial charge in [0.1, 0.15) is 0 Å². The fourth-order valence-corrected chi connectivity index (χ4v) is 4.15. The molecule has 1 aromatic carbocycles. The Kier molecular flexibility index (Phi) is 4.11. The van der Waals surface area contributed by atoms with Crippen molar-refractivity contribution in [3.8, 4) is 0 Å². The number of β-lactam (4-membered cyclic amide) rings is 1. The third kappa shape index (κ3) is 2.85. The Balaban J connectivity index is 1.44. The maximum Gasteiger partial charge on any atom is 0.230 e. The largest absolute Gasteiger partial charge is 0.371 e. The van der Waals surface area contributed by atoms with Crippen LogP contribution in [-0.4, -0.2) is 48.0 Å². The normalized spacial score (nSPS) is 34.8. The van der Waals surface area contributed by atoms with Crippen LogP contribution >= 0.6 is 0 Å². The van der Waals surface area contributed by atoms with Crippen LogP contribution < -0.4 is 0 Å². The van der Waals surface area contributed by atoms with Gasteiger partial charge in [0, 0.05) is 6.54 Å². The molecule has 3 heterocycles. The second-order valence-electron chi connectivity index (χ2n) is 7.39. The lowest BCUT2D eigenvalue weighted by molar-refractivity contribution is -0.197. The molecule has 4 atom stereocenters. The highest BCUT2D eigenvalue weighted by Crippen LogP contribution is 2.42. The van der Waals surface area contributed by atoms with E-state index in [0.717, 1.165) is 19.4 Å². The second-order valence-corrected chi connectivity index (χ2v) is 7.39. The molecule has 3 aliphatic heterocycles. The summed E-state index contributed by atoms with van der Waals surface area (Å²) in [5, 5.41) is 0. The van der Waals surface area contributed by atoms with Gasteiger partial charge < -0.3 is 19.1 Å².